The third-order valence-corrected chi connectivity index (χ3v) is 7.24. The summed E-state index contributed by atoms with van der Waals surface area (Å²) in [5.41, 5.74) is 2.21. The number of hydrogen-bond acceptors (Lipinski definition) is 8. The van der Waals surface area contributed by atoms with Gasteiger partial charge in [0.25, 0.3) is 5.91 Å². The van der Waals surface area contributed by atoms with Crippen molar-refractivity contribution in [1.29, 1.82) is 0 Å². The SMILES string of the molecule is COc1cc(OC)cc(C(=O)N2CCc3nc(N4CCC(C)CC4)nc(Oc4ccccc4OC)c3C2)c1. The Morgan fingerprint density at radius 1 is 0.895 bits per heavy atom. The van der Waals surface area contributed by atoms with Gasteiger partial charge in [-0.2, -0.15) is 4.98 Å². The molecule has 0 spiro atoms. The Morgan fingerprint density at radius 3 is 2.24 bits per heavy atom. The average molecular weight is 519 g/mol. The van der Waals surface area contributed by atoms with Gasteiger partial charge in [0.15, 0.2) is 11.5 Å². The highest BCUT2D eigenvalue weighted by molar-refractivity contribution is 5.95. The van der Waals surface area contributed by atoms with Crippen molar-refractivity contribution in [2.45, 2.75) is 32.7 Å². The largest absolute Gasteiger partial charge is 0.497 e. The summed E-state index contributed by atoms with van der Waals surface area (Å²) in [5.74, 6) is 4.01. The molecule has 0 bridgehead atoms. The van der Waals surface area contributed by atoms with E-state index in [-0.39, 0.29) is 5.91 Å². The first kappa shape index (κ1) is 25.6. The van der Waals surface area contributed by atoms with E-state index < -0.39 is 0 Å². The second-order valence-electron chi connectivity index (χ2n) is 9.75. The van der Waals surface area contributed by atoms with Gasteiger partial charge in [0.1, 0.15) is 11.5 Å². The Morgan fingerprint density at radius 2 is 1.58 bits per heavy atom. The Balaban J connectivity index is 1.49. The van der Waals surface area contributed by atoms with Crippen LogP contribution in [0.3, 0.4) is 0 Å². The number of fused-ring (bicyclic) bond motifs is 1. The molecule has 1 saturated heterocycles. The Labute approximate surface area is 223 Å². The fraction of sp³-hybridized carbons (Fsp3) is 0.414. The van der Waals surface area contributed by atoms with Gasteiger partial charge >= 0.3 is 0 Å². The van der Waals surface area contributed by atoms with Gasteiger partial charge in [-0.1, -0.05) is 19.1 Å². The van der Waals surface area contributed by atoms with Crippen molar-refractivity contribution < 1.29 is 23.7 Å². The van der Waals surface area contributed by atoms with Gasteiger partial charge in [0, 0.05) is 37.7 Å². The van der Waals surface area contributed by atoms with E-state index in [2.05, 4.69) is 11.8 Å². The van der Waals surface area contributed by atoms with Crippen LogP contribution in [0.1, 0.15) is 41.4 Å². The minimum Gasteiger partial charge on any atom is -0.497 e. The third-order valence-electron chi connectivity index (χ3n) is 7.24. The Bertz CT molecular complexity index is 1280. The summed E-state index contributed by atoms with van der Waals surface area (Å²) in [6.45, 7) is 4.97. The Hall–Kier alpha value is -4.01. The van der Waals surface area contributed by atoms with E-state index in [0.717, 1.165) is 37.2 Å². The molecule has 0 N–H and O–H groups in total. The van der Waals surface area contributed by atoms with Crippen LogP contribution in [-0.2, 0) is 13.0 Å². The van der Waals surface area contributed by atoms with Gasteiger partial charge in [-0.05, 0) is 43.0 Å². The van der Waals surface area contributed by atoms with E-state index in [1.807, 2.05) is 24.3 Å². The smallest absolute Gasteiger partial charge is 0.254 e. The second kappa shape index (κ2) is 11.2. The van der Waals surface area contributed by atoms with Crippen LogP contribution in [0, 0.1) is 5.92 Å². The standard InChI is InChI=1S/C29H34N4O5/c1-19-9-12-32(13-10-19)29-30-24-11-14-33(28(34)20-15-21(35-2)17-22(16-20)36-3)18-23(24)27(31-29)38-26-8-6-5-7-25(26)37-4/h5-8,15-17,19H,9-14,18H2,1-4H3. The summed E-state index contributed by atoms with van der Waals surface area (Å²) in [6, 6.07) is 12.7. The van der Waals surface area contributed by atoms with Gasteiger partial charge < -0.3 is 28.7 Å². The number of carbonyl (C=O) groups excluding carboxylic acids is 1. The minimum atomic E-state index is -0.120. The third kappa shape index (κ3) is 5.32. The molecule has 1 aromatic heterocycles. The molecule has 0 unspecified atom stereocenters. The summed E-state index contributed by atoms with van der Waals surface area (Å²) in [5, 5.41) is 0. The summed E-state index contributed by atoms with van der Waals surface area (Å²) in [7, 11) is 4.75. The lowest BCUT2D eigenvalue weighted by atomic mass is 9.99. The number of anilines is 1. The maximum Gasteiger partial charge on any atom is 0.254 e. The van der Waals surface area contributed by atoms with Crippen LogP contribution in [0.5, 0.6) is 28.9 Å². The molecule has 0 aliphatic carbocycles. The average Bonchev–Trinajstić information content (AvgIpc) is 2.96. The lowest BCUT2D eigenvalue weighted by Crippen LogP contribution is -2.38. The maximum atomic E-state index is 13.6. The number of hydrogen-bond donors (Lipinski definition) is 0. The van der Waals surface area contributed by atoms with Crippen LogP contribution in [0.25, 0.3) is 0 Å². The van der Waals surface area contributed by atoms with Crippen molar-refractivity contribution in [1.82, 2.24) is 14.9 Å². The number of rotatable bonds is 7. The van der Waals surface area contributed by atoms with E-state index in [1.54, 1.807) is 44.4 Å². The number of ether oxygens (including phenoxy) is 4. The first-order chi connectivity index (χ1) is 18.5. The summed E-state index contributed by atoms with van der Waals surface area (Å²) in [4.78, 5) is 27.4. The zero-order valence-corrected chi connectivity index (χ0v) is 22.4. The highest BCUT2D eigenvalue weighted by Gasteiger charge is 2.30. The van der Waals surface area contributed by atoms with Crippen LogP contribution in [-0.4, -0.2) is 61.7 Å². The number of para-hydroxylation sites is 2. The van der Waals surface area contributed by atoms with E-state index in [1.165, 1.54) is 0 Å². The van der Waals surface area contributed by atoms with E-state index in [0.29, 0.717) is 65.8 Å². The molecule has 3 heterocycles. The van der Waals surface area contributed by atoms with Gasteiger partial charge in [0.05, 0.1) is 39.1 Å². The molecule has 2 aliphatic rings. The van der Waals surface area contributed by atoms with Crippen LogP contribution in [0.15, 0.2) is 42.5 Å². The summed E-state index contributed by atoms with van der Waals surface area (Å²) < 4.78 is 22.6. The van der Waals surface area contributed by atoms with E-state index >= 15 is 0 Å². The molecule has 0 atom stereocenters. The number of amides is 1. The number of piperidine rings is 1. The molecular formula is C29H34N4O5. The number of nitrogens with zero attached hydrogens (tertiary/aromatic N) is 4. The molecule has 200 valence electrons. The van der Waals surface area contributed by atoms with Crippen LogP contribution in [0.4, 0.5) is 5.95 Å². The molecule has 5 rings (SSSR count). The zero-order valence-electron chi connectivity index (χ0n) is 22.4. The molecule has 9 nitrogen and oxygen atoms in total. The van der Waals surface area contributed by atoms with Crippen molar-refractivity contribution in [3.05, 3.63) is 59.3 Å². The molecule has 1 fully saturated rings. The molecule has 0 radical (unpaired) electrons. The lowest BCUT2D eigenvalue weighted by Gasteiger charge is -2.33. The number of benzene rings is 2. The van der Waals surface area contributed by atoms with Gasteiger partial charge in [-0.25, -0.2) is 4.98 Å². The predicted octanol–water partition coefficient (Wildman–Crippen LogP) is 4.73. The van der Waals surface area contributed by atoms with Gasteiger partial charge in [-0.3, -0.25) is 4.79 Å². The zero-order chi connectivity index (χ0) is 26.6. The molecule has 2 aromatic carbocycles. The summed E-state index contributed by atoms with van der Waals surface area (Å²) >= 11 is 0. The highest BCUT2D eigenvalue weighted by Crippen LogP contribution is 2.36. The fourth-order valence-electron chi connectivity index (χ4n) is 4.90. The van der Waals surface area contributed by atoms with Crippen molar-refractivity contribution in [2.75, 3.05) is 45.9 Å². The van der Waals surface area contributed by atoms with Crippen LogP contribution >= 0.6 is 0 Å². The number of aromatic nitrogens is 2. The quantitative estimate of drug-likeness (QED) is 0.444. The topological polar surface area (TPSA) is 86.3 Å². The second-order valence-corrected chi connectivity index (χ2v) is 9.75. The molecule has 1 amide bonds. The number of carbonyl (C=O) groups is 1. The lowest BCUT2D eigenvalue weighted by molar-refractivity contribution is 0.0731. The van der Waals surface area contributed by atoms with Crippen molar-refractivity contribution >= 4 is 11.9 Å². The van der Waals surface area contributed by atoms with Crippen molar-refractivity contribution in [3.63, 3.8) is 0 Å². The fourth-order valence-corrected chi connectivity index (χ4v) is 4.90. The molecule has 3 aromatic rings. The minimum absolute atomic E-state index is 0.120. The molecular weight excluding hydrogens is 484 g/mol. The predicted molar refractivity (Wildman–Crippen MR) is 144 cm³/mol. The monoisotopic (exact) mass is 518 g/mol. The van der Waals surface area contributed by atoms with Crippen molar-refractivity contribution in [3.8, 4) is 28.9 Å². The maximum absolute atomic E-state index is 13.6. The van der Waals surface area contributed by atoms with Gasteiger partial charge in [0.2, 0.25) is 11.8 Å². The van der Waals surface area contributed by atoms with Crippen LogP contribution < -0.4 is 23.8 Å². The number of methoxy groups -OCH3 is 3. The van der Waals surface area contributed by atoms with Crippen molar-refractivity contribution in [2.24, 2.45) is 5.92 Å². The molecule has 9 heteroatoms. The van der Waals surface area contributed by atoms with E-state index in [9.17, 15) is 4.79 Å². The highest BCUT2D eigenvalue weighted by atomic mass is 16.5. The Kier molecular flexibility index (Phi) is 7.53. The first-order valence-corrected chi connectivity index (χ1v) is 13.0. The molecule has 0 saturated carbocycles. The molecule has 2 aliphatic heterocycles. The summed E-state index contributed by atoms with van der Waals surface area (Å²) in [6.07, 6.45) is 2.81. The van der Waals surface area contributed by atoms with Gasteiger partial charge in [-0.15, -0.1) is 0 Å². The van der Waals surface area contributed by atoms with Crippen LogP contribution in [0.2, 0.25) is 0 Å². The normalized spacial score (nSPS) is 15.6. The van der Waals surface area contributed by atoms with E-state index in [4.69, 9.17) is 28.9 Å². The first-order valence-electron chi connectivity index (χ1n) is 13.0. The molecule has 38 heavy (non-hydrogen) atoms.